The van der Waals surface area contributed by atoms with Crippen LogP contribution in [0, 0.1) is 12.8 Å². The maximum atomic E-state index is 12.5. The monoisotopic (exact) mass is 330 g/mol. The molecule has 1 saturated carbocycles. The van der Waals surface area contributed by atoms with Gasteiger partial charge in [0.15, 0.2) is 0 Å². The highest BCUT2D eigenvalue weighted by atomic mass is 35.5. The molecule has 1 aromatic carbocycles. The Bertz CT molecular complexity index is 650. The molecule has 4 unspecified atom stereocenters. The van der Waals surface area contributed by atoms with Crippen LogP contribution in [-0.4, -0.2) is 33.2 Å². The van der Waals surface area contributed by atoms with Gasteiger partial charge in [-0.15, -0.1) is 0 Å². The first-order chi connectivity index (χ1) is 9.90. The van der Waals surface area contributed by atoms with Crippen molar-refractivity contribution in [2.24, 2.45) is 11.7 Å². The van der Waals surface area contributed by atoms with Crippen molar-refractivity contribution in [3.63, 3.8) is 0 Å². The molecule has 5 nitrogen and oxygen atoms in total. The summed E-state index contributed by atoms with van der Waals surface area (Å²) in [6.07, 6.45) is 1.88. The number of hydrogen-bond donors (Lipinski definition) is 2. The first-order valence-corrected chi connectivity index (χ1v) is 8.92. The zero-order valence-electron chi connectivity index (χ0n) is 11.8. The molecule has 2 aliphatic rings. The average Bonchev–Trinajstić information content (AvgIpc) is 2.47. The van der Waals surface area contributed by atoms with Crippen LogP contribution in [0.5, 0.6) is 0 Å². The summed E-state index contributed by atoms with van der Waals surface area (Å²) >= 11 is 5.91. The molecule has 1 saturated heterocycles. The lowest BCUT2D eigenvalue weighted by Crippen LogP contribution is -2.71. The average molecular weight is 331 g/mol. The van der Waals surface area contributed by atoms with Gasteiger partial charge < -0.3 is 10.5 Å². The van der Waals surface area contributed by atoms with Gasteiger partial charge in [0, 0.05) is 23.6 Å². The van der Waals surface area contributed by atoms with E-state index in [4.69, 9.17) is 22.1 Å². The number of nitrogens with one attached hydrogen (secondary N) is 1. The zero-order chi connectivity index (χ0) is 15.2. The molecule has 1 aliphatic heterocycles. The second kappa shape index (κ2) is 5.52. The van der Waals surface area contributed by atoms with E-state index in [9.17, 15) is 8.42 Å². The summed E-state index contributed by atoms with van der Waals surface area (Å²) in [5, 5.41) is 0.394. The fraction of sp³-hybridized carbons (Fsp3) is 0.571. The van der Waals surface area contributed by atoms with Crippen molar-refractivity contribution in [1.82, 2.24) is 4.72 Å². The molecular weight excluding hydrogens is 312 g/mol. The van der Waals surface area contributed by atoms with Gasteiger partial charge in [-0.1, -0.05) is 17.7 Å². The summed E-state index contributed by atoms with van der Waals surface area (Å²) in [5.41, 5.74) is 6.75. The van der Waals surface area contributed by atoms with E-state index in [2.05, 4.69) is 4.72 Å². The van der Waals surface area contributed by atoms with Crippen LogP contribution in [0.25, 0.3) is 0 Å². The number of hydrogen-bond acceptors (Lipinski definition) is 4. The largest absolute Gasteiger partial charge is 0.376 e. The third kappa shape index (κ3) is 2.71. The van der Waals surface area contributed by atoms with E-state index in [0.29, 0.717) is 17.2 Å². The molecule has 2 fully saturated rings. The SMILES string of the molecule is Cc1ccc(Cl)cc1S(=O)(=O)NC1C(N)C2CCCOC21. The molecule has 3 N–H and O–H groups in total. The van der Waals surface area contributed by atoms with Crippen molar-refractivity contribution in [1.29, 1.82) is 0 Å². The molecular formula is C14H19ClN2O3S. The molecule has 21 heavy (non-hydrogen) atoms. The maximum absolute atomic E-state index is 12.5. The third-order valence-corrected chi connectivity index (χ3v) is 6.24. The first-order valence-electron chi connectivity index (χ1n) is 7.06. The van der Waals surface area contributed by atoms with E-state index < -0.39 is 10.0 Å². The Balaban J connectivity index is 1.82. The predicted octanol–water partition coefficient (Wildman–Crippen LogP) is 1.43. The van der Waals surface area contributed by atoms with Crippen LogP contribution in [-0.2, 0) is 14.8 Å². The Morgan fingerprint density at radius 3 is 2.95 bits per heavy atom. The number of rotatable bonds is 3. The second-order valence-electron chi connectivity index (χ2n) is 5.78. The molecule has 4 atom stereocenters. The Morgan fingerprint density at radius 2 is 2.19 bits per heavy atom. The second-order valence-corrected chi connectivity index (χ2v) is 7.89. The number of ether oxygens (including phenoxy) is 1. The quantitative estimate of drug-likeness (QED) is 0.878. The van der Waals surface area contributed by atoms with Crippen molar-refractivity contribution in [3.05, 3.63) is 28.8 Å². The summed E-state index contributed by atoms with van der Waals surface area (Å²) in [4.78, 5) is 0.196. The number of benzene rings is 1. The van der Waals surface area contributed by atoms with Crippen molar-refractivity contribution >= 4 is 21.6 Å². The summed E-state index contributed by atoms with van der Waals surface area (Å²) in [6.45, 7) is 2.41. The highest BCUT2D eigenvalue weighted by Gasteiger charge is 2.52. The van der Waals surface area contributed by atoms with E-state index in [1.165, 1.54) is 6.07 Å². The molecule has 116 valence electrons. The van der Waals surface area contributed by atoms with Gasteiger partial charge in [-0.2, -0.15) is 0 Å². The Hall–Kier alpha value is -0.660. The van der Waals surface area contributed by atoms with Crippen LogP contribution in [0.2, 0.25) is 5.02 Å². The van der Waals surface area contributed by atoms with Gasteiger partial charge in [0.2, 0.25) is 10.0 Å². The topological polar surface area (TPSA) is 81.4 Å². The standard InChI is InChI=1S/C14H19ClN2O3S/c1-8-4-5-9(15)7-11(8)21(18,19)17-13-12(16)10-3-2-6-20-14(10)13/h4-5,7,10,12-14,17H,2-3,6,16H2,1H3. The summed E-state index contributed by atoms with van der Waals surface area (Å²) in [6, 6.07) is 4.27. The predicted molar refractivity (Wildman–Crippen MR) is 80.7 cm³/mol. The fourth-order valence-corrected chi connectivity index (χ4v) is 4.99. The van der Waals surface area contributed by atoms with Crippen LogP contribution < -0.4 is 10.5 Å². The lowest BCUT2D eigenvalue weighted by Gasteiger charge is -2.52. The normalized spacial score (nSPS) is 32.3. The maximum Gasteiger partial charge on any atom is 0.241 e. The molecule has 0 bridgehead atoms. The van der Waals surface area contributed by atoms with Crippen molar-refractivity contribution in [2.75, 3.05) is 6.61 Å². The van der Waals surface area contributed by atoms with Crippen molar-refractivity contribution in [2.45, 2.75) is 42.8 Å². The van der Waals surface area contributed by atoms with Crippen LogP contribution in [0.15, 0.2) is 23.1 Å². The molecule has 0 aromatic heterocycles. The minimum absolute atomic E-state index is 0.108. The Morgan fingerprint density at radius 1 is 1.43 bits per heavy atom. The van der Waals surface area contributed by atoms with Gasteiger partial charge >= 0.3 is 0 Å². The zero-order valence-corrected chi connectivity index (χ0v) is 13.3. The molecule has 3 rings (SSSR count). The molecule has 0 spiro atoms. The molecule has 1 aliphatic carbocycles. The highest BCUT2D eigenvalue weighted by Crippen LogP contribution is 2.37. The van der Waals surface area contributed by atoms with Crippen LogP contribution in [0.4, 0.5) is 0 Å². The number of nitrogens with two attached hydrogens (primary N) is 1. The minimum Gasteiger partial charge on any atom is -0.376 e. The van der Waals surface area contributed by atoms with Gasteiger partial charge in [-0.05, 0) is 37.5 Å². The van der Waals surface area contributed by atoms with Gasteiger partial charge in [0.25, 0.3) is 0 Å². The number of aryl methyl sites for hydroxylation is 1. The lowest BCUT2D eigenvalue weighted by molar-refractivity contribution is -0.114. The van der Waals surface area contributed by atoms with Crippen LogP contribution in [0.1, 0.15) is 18.4 Å². The molecule has 0 radical (unpaired) electrons. The van der Waals surface area contributed by atoms with Crippen LogP contribution in [0.3, 0.4) is 0 Å². The lowest BCUT2D eigenvalue weighted by atomic mass is 9.69. The van der Waals surface area contributed by atoms with E-state index in [1.54, 1.807) is 19.1 Å². The summed E-state index contributed by atoms with van der Waals surface area (Å²) in [5.74, 6) is 0.256. The molecule has 0 amide bonds. The number of halogens is 1. The summed E-state index contributed by atoms with van der Waals surface area (Å²) in [7, 11) is -3.65. The Labute approximate surface area is 129 Å². The van der Waals surface area contributed by atoms with E-state index in [-0.39, 0.29) is 29.0 Å². The Kier molecular flexibility index (Phi) is 4.00. The van der Waals surface area contributed by atoms with Crippen molar-refractivity contribution in [3.8, 4) is 0 Å². The number of fused-ring (bicyclic) bond motifs is 1. The molecule has 7 heteroatoms. The molecule has 1 heterocycles. The smallest absolute Gasteiger partial charge is 0.241 e. The van der Waals surface area contributed by atoms with E-state index in [1.807, 2.05) is 0 Å². The van der Waals surface area contributed by atoms with Gasteiger partial charge in [0.05, 0.1) is 17.0 Å². The minimum atomic E-state index is -3.65. The van der Waals surface area contributed by atoms with Gasteiger partial charge in [-0.25, -0.2) is 13.1 Å². The first kappa shape index (κ1) is 15.2. The third-order valence-electron chi connectivity index (χ3n) is 4.41. The van der Waals surface area contributed by atoms with Gasteiger partial charge in [0.1, 0.15) is 0 Å². The van der Waals surface area contributed by atoms with Crippen molar-refractivity contribution < 1.29 is 13.2 Å². The van der Waals surface area contributed by atoms with E-state index in [0.717, 1.165) is 12.8 Å². The van der Waals surface area contributed by atoms with E-state index >= 15 is 0 Å². The molecule has 1 aromatic rings. The highest BCUT2D eigenvalue weighted by molar-refractivity contribution is 7.89. The van der Waals surface area contributed by atoms with Crippen LogP contribution >= 0.6 is 11.6 Å². The van der Waals surface area contributed by atoms with Gasteiger partial charge in [-0.3, -0.25) is 0 Å². The summed E-state index contributed by atoms with van der Waals surface area (Å²) < 4.78 is 33.4. The number of sulfonamides is 1. The fourth-order valence-electron chi connectivity index (χ4n) is 3.20.